The Hall–Kier alpha value is -1.07. The Kier molecular flexibility index (Phi) is 3.74. The summed E-state index contributed by atoms with van der Waals surface area (Å²) in [6.45, 7) is 1.72. The van der Waals surface area contributed by atoms with Crippen molar-refractivity contribution in [2.45, 2.75) is 43.5 Å². The van der Waals surface area contributed by atoms with Gasteiger partial charge in [0.05, 0.1) is 4.90 Å². The molecule has 0 saturated heterocycles. The van der Waals surface area contributed by atoms with Gasteiger partial charge in [-0.25, -0.2) is 8.42 Å². The number of halogens is 1. The number of carbonyl (C=O) groups excluding carboxylic acids is 1. The first-order valence-corrected chi connectivity index (χ1v) is 9.51. The maximum atomic E-state index is 12.4. The smallest absolute Gasteiger partial charge is 0.261 e. The molecule has 1 aromatic carbocycles. The molecule has 1 amide bonds. The van der Waals surface area contributed by atoms with Crippen LogP contribution in [0.1, 0.15) is 41.6 Å². The molecule has 0 radical (unpaired) electrons. The third kappa shape index (κ3) is 2.94. The fourth-order valence-electron chi connectivity index (χ4n) is 3.71. The fraction of sp³-hybridized carbons (Fsp3) is 0.533. The van der Waals surface area contributed by atoms with Crippen molar-refractivity contribution >= 4 is 25.6 Å². The van der Waals surface area contributed by atoms with E-state index in [0.29, 0.717) is 17.0 Å². The van der Waals surface area contributed by atoms with E-state index in [9.17, 15) is 13.2 Å². The van der Waals surface area contributed by atoms with Gasteiger partial charge in [-0.2, -0.15) is 0 Å². The molecule has 114 valence electrons. The van der Waals surface area contributed by atoms with Crippen LogP contribution in [0.3, 0.4) is 0 Å². The molecule has 1 aromatic rings. The summed E-state index contributed by atoms with van der Waals surface area (Å²) in [5, 5.41) is 3.10. The zero-order chi connectivity index (χ0) is 15.2. The third-order valence-corrected chi connectivity index (χ3v) is 6.13. The molecule has 1 N–H and O–H groups in total. The van der Waals surface area contributed by atoms with E-state index in [-0.39, 0.29) is 16.8 Å². The van der Waals surface area contributed by atoms with E-state index in [2.05, 4.69) is 5.32 Å². The van der Waals surface area contributed by atoms with Crippen LogP contribution in [0, 0.1) is 18.8 Å². The van der Waals surface area contributed by atoms with Gasteiger partial charge in [-0.15, -0.1) is 0 Å². The molecule has 0 heterocycles. The zero-order valence-electron chi connectivity index (χ0n) is 11.8. The van der Waals surface area contributed by atoms with Crippen LogP contribution in [0.5, 0.6) is 0 Å². The Morgan fingerprint density at radius 2 is 2.05 bits per heavy atom. The second kappa shape index (κ2) is 5.29. The number of rotatable bonds is 3. The Bertz CT molecular complexity index is 686. The molecule has 21 heavy (non-hydrogen) atoms. The summed E-state index contributed by atoms with van der Waals surface area (Å²) in [6, 6.07) is 4.63. The Morgan fingerprint density at radius 1 is 1.29 bits per heavy atom. The molecule has 2 fully saturated rings. The van der Waals surface area contributed by atoms with Gasteiger partial charge in [0.25, 0.3) is 15.0 Å². The first kappa shape index (κ1) is 14.9. The van der Waals surface area contributed by atoms with Crippen LogP contribution < -0.4 is 5.32 Å². The van der Waals surface area contributed by atoms with E-state index >= 15 is 0 Å². The highest BCUT2D eigenvalue weighted by atomic mass is 35.7. The van der Waals surface area contributed by atoms with E-state index in [1.54, 1.807) is 6.92 Å². The van der Waals surface area contributed by atoms with Crippen LogP contribution in [0.2, 0.25) is 0 Å². The van der Waals surface area contributed by atoms with Gasteiger partial charge in [-0.05, 0) is 61.8 Å². The van der Waals surface area contributed by atoms with Crippen molar-refractivity contribution in [2.75, 3.05) is 0 Å². The summed E-state index contributed by atoms with van der Waals surface area (Å²) in [4.78, 5) is 12.4. The third-order valence-electron chi connectivity index (χ3n) is 4.78. The van der Waals surface area contributed by atoms with Crippen molar-refractivity contribution < 1.29 is 13.2 Å². The van der Waals surface area contributed by atoms with Crippen LogP contribution in [-0.4, -0.2) is 20.4 Å². The average Bonchev–Trinajstić information content (AvgIpc) is 2.99. The predicted molar refractivity (Wildman–Crippen MR) is 80.9 cm³/mol. The van der Waals surface area contributed by atoms with Gasteiger partial charge in [0, 0.05) is 22.3 Å². The van der Waals surface area contributed by atoms with Crippen molar-refractivity contribution in [3.8, 4) is 0 Å². The minimum Gasteiger partial charge on any atom is -0.349 e. The molecular weight excluding hydrogens is 310 g/mol. The van der Waals surface area contributed by atoms with Gasteiger partial charge >= 0.3 is 0 Å². The van der Waals surface area contributed by atoms with Crippen molar-refractivity contribution in [3.05, 3.63) is 29.3 Å². The lowest BCUT2D eigenvalue weighted by Gasteiger charge is -2.23. The SMILES string of the molecule is Cc1cc(S(=O)(=O)Cl)ccc1C(=O)NC1CC2CCC1C2. The van der Waals surface area contributed by atoms with Crippen molar-refractivity contribution in [3.63, 3.8) is 0 Å². The highest BCUT2D eigenvalue weighted by Crippen LogP contribution is 2.44. The highest BCUT2D eigenvalue weighted by molar-refractivity contribution is 8.13. The van der Waals surface area contributed by atoms with E-state index in [1.807, 2.05) is 0 Å². The second-order valence-electron chi connectivity index (χ2n) is 6.17. The van der Waals surface area contributed by atoms with Crippen molar-refractivity contribution in [1.29, 1.82) is 0 Å². The van der Waals surface area contributed by atoms with E-state index in [1.165, 1.54) is 37.5 Å². The molecule has 3 unspecified atom stereocenters. The number of hydrogen-bond acceptors (Lipinski definition) is 3. The fourth-order valence-corrected chi connectivity index (χ4v) is 4.55. The first-order chi connectivity index (χ1) is 9.84. The summed E-state index contributed by atoms with van der Waals surface area (Å²) in [5.41, 5.74) is 1.14. The number of benzene rings is 1. The van der Waals surface area contributed by atoms with E-state index in [0.717, 1.165) is 12.3 Å². The molecule has 2 aliphatic rings. The molecule has 3 rings (SSSR count). The number of fused-ring (bicyclic) bond motifs is 2. The van der Waals surface area contributed by atoms with Gasteiger partial charge < -0.3 is 5.32 Å². The van der Waals surface area contributed by atoms with Crippen molar-refractivity contribution in [1.82, 2.24) is 5.32 Å². The van der Waals surface area contributed by atoms with Crippen LogP contribution in [-0.2, 0) is 9.05 Å². The summed E-state index contributed by atoms with van der Waals surface area (Å²) in [7, 11) is 1.56. The van der Waals surface area contributed by atoms with Crippen LogP contribution in [0.4, 0.5) is 0 Å². The largest absolute Gasteiger partial charge is 0.349 e. The summed E-state index contributed by atoms with van der Waals surface area (Å²) in [6.07, 6.45) is 4.80. The number of aryl methyl sites for hydroxylation is 1. The van der Waals surface area contributed by atoms with E-state index in [4.69, 9.17) is 10.7 Å². The Labute approximate surface area is 129 Å². The highest BCUT2D eigenvalue weighted by Gasteiger charge is 2.40. The van der Waals surface area contributed by atoms with Crippen LogP contribution in [0.15, 0.2) is 23.1 Å². The first-order valence-electron chi connectivity index (χ1n) is 7.21. The molecule has 2 aliphatic carbocycles. The number of amides is 1. The van der Waals surface area contributed by atoms with Crippen LogP contribution in [0.25, 0.3) is 0 Å². The normalized spacial score (nSPS) is 27.8. The number of hydrogen-bond donors (Lipinski definition) is 1. The predicted octanol–water partition coefficient (Wildman–Crippen LogP) is 2.84. The Morgan fingerprint density at radius 3 is 2.57 bits per heavy atom. The molecule has 4 nitrogen and oxygen atoms in total. The van der Waals surface area contributed by atoms with Crippen molar-refractivity contribution in [2.24, 2.45) is 11.8 Å². The van der Waals surface area contributed by atoms with Gasteiger partial charge in [-0.1, -0.05) is 6.42 Å². The molecule has 0 spiro atoms. The van der Waals surface area contributed by atoms with Gasteiger partial charge in [0.1, 0.15) is 0 Å². The van der Waals surface area contributed by atoms with Gasteiger partial charge in [-0.3, -0.25) is 4.79 Å². The minimum absolute atomic E-state index is 0.0261. The lowest BCUT2D eigenvalue weighted by atomic mass is 9.95. The summed E-state index contributed by atoms with van der Waals surface area (Å²) in [5.74, 6) is 1.26. The maximum absolute atomic E-state index is 12.4. The molecule has 3 atom stereocenters. The monoisotopic (exact) mass is 327 g/mol. The van der Waals surface area contributed by atoms with E-state index < -0.39 is 9.05 Å². The molecule has 6 heteroatoms. The van der Waals surface area contributed by atoms with Gasteiger partial charge in [0.2, 0.25) is 0 Å². The minimum atomic E-state index is -3.76. The Balaban J connectivity index is 1.76. The second-order valence-corrected chi connectivity index (χ2v) is 8.74. The molecule has 0 aliphatic heterocycles. The number of carbonyl (C=O) groups is 1. The zero-order valence-corrected chi connectivity index (χ0v) is 13.4. The summed E-state index contributed by atoms with van der Waals surface area (Å²) < 4.78 is 22.6. The lowest BCUT2D eigenvalue weighted by molar-refractivity contribution is 0.0922. The number of nitrogens with one attached hydrogen (secondary N) is 1. The van der Waals surface area contributed by atoms with Crippen LogP contribution >= 0.6 is 10.7 Å². The topological polar surface area (TPSA) is 63.2 Å². The molecule has 2 bridgehead atoms. The maximum Gasteiger partial charge on any atom is 0.261 e. The standard InChI is InChI=1S/C15H18ClNO3S/c1-9-6-12(21(16,19)20)4-5-13(9)15(18)17-14-8-10-2-3-11(14)7-10/h4-6,10-11,14H,2-3,7-8H2,1H3,(H,17,18). The summed E-state index contributed by atoms with van der Waals surface area (Å²) >= 11 is 0. The van der Waals surface area contributed by atoms with Gasteiger partial charge in [0.15, 0.2) is 0 Å². The lowest BCUT2D eigenvalue weighted by Crippen LogP contribution is -2.38. The molecule has 2 saturated carbocycles. The average molecular weight is 328 g/mol. The quantitative estimate of drug-likeness (QED) is 0.868. The molecular formula is C15H18ClNO3S. The molecule has 0 aromatic heterocycles.